The van der Waals surface area contributed by atoms with Crippen molar-refractivity contribution >= 4 is 12.1 Å². The van der Waals surface area contributed by atoms with Crippen molar-refractivity contribution in [2.24, 2.45) is 5.10 Å². The molecule has 0 saturated heterocycles. The van der Waals surface area contributed by atoms with Gasteiger partial charge < -0.3 is 4.42 Å². The van der Waals surface area contributed by atoms with Crippen LogP contribution in [0.3, 0.4) is 0 Å². The Morgan fingerprint density at radius 1 is 1.12 bits per heavy atom. The molecule has 1 aromatic carbocycles. The third-order valence-electron chi connectivity index (χ3n) is 3.41. The topological polar surface area (TPSA) is 67.5 Å². The van der Waals surface area contributed by atoms with Gasteiger partial charge in [-0.2, -0.15) is 18.3 Å². The van der Waals surface area contributed by atoms with E-state index in [1.807, 2.05) is 0 Å². The van der Waals surface area contributed by atoms with Crippen molar-refractivity contribution in [3.63, 3.8) is 0 Å². The molecule has 0 unspecified atom stereocenters. The fourth-order valence-electron chi connectivity index (χ4n) is 2.23. The smallest absolute Gasteiger partial charge is 0.417 e. The Morgan fingerprint density at radius 3 is 2.65 bits per heavy atom. The van der Waals surface area contributed by atoms with Crippen LogP contribution in [0.5, 0.6) is 0 Å². The first-order valence-corrected chi connectivity index (χ1v) is 7.45. The van der Waals surface area contributed by atoms with Crippen LogP contribution in [0.2, 0.25) is 0 Å². The Bertz CT molecular complexity index is 934. The molecule has 0 spiro atoms. The lowest BCUT2D eigenvalue weighted by atomic mass is 10.1. The molecule has 1 amide bonds. The molecule has 8 heteroatoms. The van der Waals surface area contributed by atoms with E-state index in [4.69, 9.17) is 4.42 Å². The average Bonchev–Trinajstić information content (AvgIpc) is 3.10. The maximum absolute atomic E-state index is 13.1. The summed E-state index contributed by atoms with van der Waals surface area (Å²) in [6.07, 6.45) is -0.379. The number of nitrogens with one attached hydrogen (secondary N) is 1. The van der Waals surface area contributed by atoms with Crippen molar-refractivity contribution < 1.29 is 22.4 Å². The van der Waals surface area contributed by atoms with Crippen LogP contribution in [-0.2, 0) is 6.18 Å². The number of pyridine rings is 1. The zero-order valence-corrected chi connectivity index (χ0v) is 13.2. The number of carbonyl (C=O) groups excluding carboxylic acids is 1. The number of hydrogen-bond donors (Lipinski definition) is 1. The van der Waals surface area contributed by atoms with E-state index in [1.165, 1.54) is 48.9 Å². The quantitative estimate of drug-likeness (QED) is 0.563. The summed E-state index contributed by atoms with van der Waals surface area (Å²) in [6, 6.07) is 11.2. The lowest BCUT2D eigenvalue weighted by molar-refractivity contribution is -0.137. The predicted octanol–water partition coefficient (Wildman–Crippen LogP) is 4.12. The minimum absolute atomic E-state index is 0.0537. The molecule has 0 aliphatic rings. The normalized spacial score (nSPS) is 11.7. The second-order valence-corrected chi connectivity index (χ2v) is 5.19. The number of nitrogens with zero attached hydrogens (tertiary/aromatic N) is 2. The van der Waals surface area contributed by atoms with Gasteiger partial charge >= 0.3 is 6.18 Å². The summed E-state index contributed by atoms with van der Waals surface area (Å²) in [5, 5.41) is 3.73. The van der Waals surface area contributed by atoms with E-state index in [2.05, 4.69) is 15.5 Å². The van der Waals surface area contributed by atoms with Crippen LogP contribution in [0.4, 0.5) is 13.2 Å². The summed E-state index contributed by atoms with van der Waals surface area (Å²) in [7, 11) is 0. The molecule has 0 aliphatic carbocycles. The number of rotatable bonds is 4. The highest BCUT2D eigenvalue weighted by Crippen LogP contribution is 2.37. The second-order valence-electron chi connectivity index (χ2n) is 5.19. The zero-order chi connectivity index (χ0) is 18.6. The number of aromatic nitrogens is 1. The van der Waals surface area contributed by atoms with Gasteiger partial charge in [-0.15, -0.1) is 0 Å². The Labute approximate surface area is 146 Å². The number of halogens is 3. The largest absolute Gasteiger partial charge is 0.455 e. The Kier molecular flexibility index (Phi) is 4.83. The summed E-state index contributed by atoms with van der Waals surface area (Å²) in [6.45, 7) is 0. The summed E-state index contributed by atoms with van der Waals surface area (Å²) >= 11 is 0. The van der Waals surface area contributed by atoms with Crippen LogP contribution in [0, 0.1) is 0 Å². The van der Waals surface area contributed by atoms with E-state index in [0.29, 0.717) is 5.56 Å². The van der Waals surface area contributed by atoms with Crippen LogP contribution < -0.4 is 5.43 Å². The molecule has 0 radical (unpaired) electrons. The molecule has 3 aromatic rings. The van der Waals surface area contributed by atoms with Crippen LogP contribution in [-0.4, -0.2) is 17.1 Å². The van der Waals surface area contributed by atoms with Gasteiger partial charge in [0.2, 0.25) is 0 Å². The van der Waals surface area contributed by atoms with Gasteiger partial charge in [-0.05, 0) is 30.3 Å². The first-order valence-electron chi connectivity index (χ1n) is 7.45. The molecular weight excluding hydrogens is 347 g/mol. The first kappa shape index (κ1) is 17.4. The summed E-state index contributed by atoms with van der Waals surface area (Å²) in [5.41, 5.74) is 1.75. The lowest BCUT2D eigenvalue weighted by Gasteiger charge is -2.10. The third kappa shape index (κ3) is 3.97. The average molecular weight is 359 g/mol. The van der Waals surface area contributed by atoms with Crippen molar-refractivity contribution in [2.75, 3.05) is 0 Å². The minimum atomic E-state index is -4.49. The van der Waals surface area contributed by atoms with Crippen molar-refractivity contribution in [3.05, 3.63) is 77.8 Å². The number of alkyl halides is 3. The molecule has 2 heterocycles. The van der Waals surface area contributed by atoms with Gasteiger partial charge in [0, 0.05) is 18.0 Å². The van der Waals surface area contributed by atoms with Gasteiger partial charge in [0.15, 0.2) is 0 Å². The van der Waals surface area contributed by atoms with E-state index in [1.54, 1.807) is 12.1 Å². The number of hydrazone groups is 1. The number of benzene rings is 1. The molecule has 1 N–H and O–H groups in total. The highest BCUT2D eigenvalue weighted by Gasteiger charge is 2.34. The first-order chi connectivity index (χ1) is 12.4. The van der Waals surface area contributed by atoms with Gasteiger partial charge in [-0.25, -0.2) is 5.43 Å². The maximum atomic E-state index is 13.1. The molecule has 0 fully saturated rings. The number of furan rings is 1. The second kappa shape index (κ2) is 7.22. The minimum Gasteiger partial charge on any atom is -0.455 e. The Hall–Kier alpha value is -3.42. The number of carbonyl (C=O) groups is 1. The van der Waals surface area contributed by atoms with E-state index in [0.717, 1.165) is 6.07 Å². The van der Waals surface area contributed by atoms with Gasteiger partial charge in [-0.3, -0.25) is 9.78 Å². The molecule has 0 bridgehead atoms. The van der Waals surface area contributed by atoms with E-state index >= 15 is 0 Å². The Morgan fingerprint density at radius 2 is 1.92 bits per heavy atom. The fourth-order valence-corrected chi connectivity index (χ4v) is 2.23. The molecule has 132 valence electrons. The van der Waals surface area contributed by atoms with Gasteiger partial charge in [0.1, 0.15) is 11.5 Å². The predicted molar refractivity (Wildman–Crippen MR) is 88.4 cm³/mol. The van der Waals surface area contributed by atoms with Crippen LogP contribution in [0.15, 0.2) is 70.4 Å². The summed E-state index contributed by atoms with van der Waals surface area (Å²) < 4.78 is 44.6. The van der Waals surface area contributed by atoms with Crippen LogP contribution in [0.25, 0.3) is 11.3 Å². The van der Waals surface area contributed by atoms with Gasteiger partial charge in [0.25, 0.3) is 5.91 Å². The van der Waals surface area contributed by atoms with Gasteiger partial charge in [0.05, 0.1) is 17.3 Å². The summed E-state index contributed by atoms with van der Waals surface area (Å²) in [4.78, 5) is 15.6. The third-order valence-corrected chi connectivity index (χ3v) is 3.41. The Balaban J connectivity index is 1.74. The molecule has 5 nitrogen and oxygen atoms in total. The molecule has 26 heavy (non-hydrogen) atoms. The van der Waals surface area contributed by atoms with Crippen LogP contribution in [0.1, 0.15) is 21.7 Å². The van der Waals surface area contributed by atoms with Crippen LogP contribution >= 0.6 is 0 Å². The molecular formula is C18H12F3N3O2. The van der Waals surface area contributed by atoms with Crippen molar-refractivity contribution in [2.45, 2.75) is 6.18 Å². The highest BCUT2D eigenvalue weighted by atomic mass is 19.4. The van der Waals surface area contributed by atoms with E-state index in [9.17, 15) is 18.0 Å². The summed E-state index contributed by atoms with van der Waals surface area (Å²) in [5.74, 6) is -0.218. The van der Waals surface area contributed by atoms with Gasteiger partial charge in [-0.1, -0.05) is 18.2 Å². The highest BCUT2D eigenvalue weighted by molar-refractivity contribution is 5.94. The fraction of sp³-hybridized carbons (Fsp3) is 0.0556. The molecule has 2 aromatic heterocycles. The number of hydrogen-bond acceptors (Lipinski definition) is 4. The van der Waals surface area contributed by atoms with E-state index < -0.39 is 17.6 Å². The number of amides is 1. The molecule has 0 saturated carbocycles. The maximum Gasteiger partial charge on any atom is 0.417 e. The SMILES string of the molecule is O=C(NN=Cc1ccc(-c2ccccc2C(F)(F)F)o1)c1cccnc1. The standard InChI is InChI=1S/C18H12F3N3O2/c19-18(20,21)15-6-2-1-5-14(15)16-8-7-13(26-16)11-23-24-17(25)12-4-3-9-22-10-12/h1-11H,(H,24,25). The molecule has 3 rings (SSSR count). The zero-order valence-electron chi connectivity index (χ0n) is 13.2. The van der Waals surface area contributed by atoms with Crippen molar-refractivity contribution in [1.82, 2.24) is 10.4 Å². The van der Waals surface area contributed by atoms with Crippen molar-refractivity contribution in [3.8, 4) is 11.3 Å². The lowest BCUT2D eigenvalue weighted by Crippen LogP contribution is -2.17. The van der Waals surface area contributed by atoms with E-state index in [-0.39, 0.29) is 17.1 Å². The monoisotopic (exact) mass is 359 g/mol. The molecule has 0 aliphatic heterocycles. The van der Waals surface area contributed by atoms with Crippen molar-refractivity contribution in [1.29, 1.82) is 0 Å². The molecule has 0 atom stereocenters.